The Balaban J connectivity index is 2.15. The van der Waals surface area contributed by atoms with Gasteiger partial charge < -0.3 is 10.2 Å². The van der Waals surface area contributed by atoms with Crippen LogP contribution in [0.15, 0.2) is 30.6 Å². The number of nitrogens with one attached hydrogen (secondary N) is 1. The maximum absolute atomic E-state index is 4.35. The number of nitrogens with zero attached hydrogens (tertiary/aromatic N) is 3. The molecule has 4 heteroatoms. The van der Waals surface area contributed by atoms with Crippen molar-refractivity contribution < 1.29 is 0 Å². The highest BCUT2D eigenvalue weighted by atomic mass is 15.2. The first-order chi connectivity index (χ1) is 10.1. The second kappa shape index (κ2) is 7.07. The van der Waals surface area contributed by atoms with Crippen LogP contribution in [0, 0.1) is 13.8 Å². The molecule has 0 aliphatic heterocycles. The highest BCUT2D eigenvalue weighted by Gasteiger charge is 2.05. The molecule has 0 atom stereocenters. The first kappa shape index (κ1) is 15.3. The van der Waals surface area contributed by atoms with Gasteiger partial charge >= 0.3 is 0 Å². The fraction of sp³-hybridized carbons (Fsp3) is 0.412. The number of aryl methyl sites for hydroxylation is 2. The van der Waals surface area contributed by atoms with Gasteiger partial charge in [0.05, 0.1) is 0 Å². The van der Waals surface area contributed by atoms with E-state index >= 15 is 0 Å². The Hall–Kier alpha value is -2.10. The van der Waals surface area contributed by atoms with Crippen molar-refractivity contribution >= 4 is 17.3 Å². The predicted octanol–water partition coefficient (Wildman–Crippen LogP) is 4.07. The topological polar surface area (TPSA) is 41.0 Å². The molecule has 0 unspecified atom stereocenters. The summed E-state index contributed by atoms with van der Waals surface area (Å²) in [5, 5.41) is 3.39. The molecule has 21 heavy (non-hydrogen) atoms. The van der Waals surface area contributed by atoms with Crippen molar-refractivity contribution in [1.29, 1.82) is 0 Å². The number of aromatic nitrogens is 2. The van der Waals surface area contributed by atoms with Gasteiger partial charge in [-0.3, -0.25) is 0 Å². The molecule has 112 valence electrons. The van der Waals surface area contributed by atoms with Crippen LogP contribution in [0.2, 0.25) is 0 Å². The minimum atomic E-state index is 0.831. The van der Waals surface area contributed by atoms with E-state index in [0.717, 1.165) is 23.9 Å². The van der Waals surface area contributed by atoms with Crippen molar-refractivity contribution in [3.05, 3.63) is 41.7 Å². The summed E-state index contributed by atoms with van der Waals surface area (Å²) in [6.45, 7) is 7.39. The third-order valence-electron chi connectivity index (χ3n) is 3.55. The summed E-state index contributed by atoms with van der Waals surface area (Å²) in [7, 11) is 2.07. The first-order valence-electron chi connectivity index (χ1n) is 7.47. The van der Waals surface area contributed by atoms with E-state index in [1.54, 1.807) is 6.33 Å². The average molecular weight is 284 g/mol. The molecule has 2 aromatic rings. The minimum absolute atomic E-state index is 0.831. The van der Waals surface area contributed by atoms with E-state index < -0.39 is 0 Å². The van der Waals surface area contributed by atoms with E-state index in [4.69, 9.17) is 0 Å². The number of unbranched alkanes of at least 4 members (excludes halogenated alkanes) is 1. The van der Waals surface area contributed by atoms with Crippen molar-refractivity contribution in [2.75, 3.05) is 23.8 Å². The lowest BCUT2D eigenvalue weighted by atomic mass is 10.1. The summed E-state index contributed by atoms with van der Waals surface area (Å²) in [5.74, 6) is 1.78. The average Bonchev–Trinajstić information content (AvgIpc) is 2.49. The van der Waals surface area contributed by atoms with Crippen molar-refractivity contribution in [3.8, 4) is 0 Å². The number of hydrogen-bond donors (Lipinski definition) is 1. The monoisotopic (exact) mass is 284 g/mol. The molecule has 4 nitrogen and oxygen atoms in total. The van der Waals surface area contributed by atoms with Crippen LogP contribution in [0.1, 0.15) is 30.9 Å². The Bertz CT molecular complexity index is 595. The lowest BCUT2D eigenvalue weighted by Gasteiger charge is -2.18. The summed E-state index contributed by atoms with van der Waals surface area (Å²) >= 11 is 0. The van der Waals surface area contributed by atoms with E-state index in [2.05, 4.69) is 66.2 Å². The summed E-state index contributed by atoms with van der Waals surface area (Å²) in [4.78, 5) is 10.8. The molecule has 0 aliphatic carbocycles. The number of anilines is 3. The van der Waals surface area contributed by atoms with Gasteiger partial charge in [-0.05, 0) is 37.5 Å². The third-order valence-corrected chi connectivity index (χ3v) is 3.55. The zero-order valence-corrected chi connectivity index (χ0v) is 13.3. The first-order valence-corrected chi connectivity index (χ1v) is 7.47. The second-order valence-electron chi connectivity index (χ2n) is 5.48. The Labute approximate surface area is 127 Å². The maximum atomic E-state index is 4.35. The van der Waals surface area contributed by atoms with Crippen LogP contribution < -0.4 is 10.2 Å². The SMILES string of the molecule is CCCCN(C)c1cc(Nc2cc(C)ccc2C)ncn1. The summed E-state index contributed by atoms with van der Waals surface area (Å²) in [6, 6.07) is 8.37. The largest absolute Gasteiger partial charge is 0.360 e. The normalized spacial score (nSPS) is 10.5. The molecule has 0 saturated heterocycles. The number of hydrogen-bond acceptors (Lipinski definition) is 4. The Morgan fingerprint density at radius 3 is 2.71 bits per heavy atom. The smallest absolute Gasteiger partial charge is 0.135 e. The van der Waals surface area contributed by atoms with Gasteiger partial charge in [-0.15, -0.1) is 0 Å². The lowest BCUT2D eigenvalue weighted by Crippen LogP contribution is -2.19. The van der Waals surface area contributed by atoms with Gasteiger partial charge in [-0.1, -0.05) is 25.5 Å². The van der Waals surface area contributed by atoms with Crippen molar-refractivity contribution in [2.24, 2.45) is 0 Å². The van der Waals surface area contributed by atoms with Gasteiger partial charge in [0.2, 0.25) is 0 Å². The van der Waals surface area contributed by atoms with Gasteiger partial charge in [-0.2, -0.15) is 0 Å². The van der Waals surface area contributed by atoms with Crippen LogP contribution >= 0.6 is 0 Å². The fourth-order valence-electron chi connectivity index (χ4n) is 2.14. The Morgan fingerprint density at radius 1 is 1.14 bits per heavy atom. The highest BCUT2D eigenvalue weighted by Crippen LogP contribution is 2.22. The summed E-state index contributed by atoms with van der Waals surface area (Å²) in [6.07, 6.45) is 3.97. The molecule has 1 aromatic carbocycles. The molecule has 0 amide bonds. The van der Waals surface area contributed by atoms with Crippen LogP contribution in [0.4, 0.5) is 17.3 Å². The zero-order valence-electron chi connectivity index (χ0n) is 13.3. The van der Waals surface area contributed by atoms with E-state index in [1.165, 1.54) is 24.0 Å². The van der Waals surface area contributed by atoms with Crippen LogP contribution in [-0.2, 0) is 0 Å². The van der Waals surface area contributed by atoms with Gasteiger partial charge in [0.1, 0.15) is 18.0 Å². The van der Waals surface area contributed by atoms with Gasteiger partial charge in [0, 0.05) is 25.3 Å². The summed E-state index contributed by atoms with van der Waals surface area (Å²) in [5.41, 5.74) is 3.54. The second-order valence-corrected chi connectivity index (χ2v) is 5.48. The van der Waals surface area contributed by atoms with Crippen molar-refractivity contribution in [3.63, 3.8) is 0 Å². The standard InChI is InChI=1S/C17H24N4/c1-5-6-9-21(4)17-11-16(18-12-19-17)20-15-10-13(2)7-8-14(15)3/h7-8,10-12H,5-6,9H2,1-4H3,(H,18,19,20). The van der Waals surface area contributed by atoms with Gasteiger partial charge in [0.15, 0.2) is 0 Å². The van der Waals surface area contributed by atoms with Crippen LogP contribution in [0.25, 0.3) is 0 Å². The molecule has 0 fully saturated rings. The Kier molecular flexibility index (Phi) is 5.14. The molecule has 0 radical (unpaired) electrons. The molecular formula is C17H24N4. The fourth-order valence-corrected chi connectivity index (χ4v) is 2.14. The quantitative estimate of drug-likeness (QED) is 0.868. The van der Waals surface area contributed by atoms with Crippen molar-refractivity contribution in [2.45, 2.75) is 33.6 Å². The molecule has 0 saturated carbocycles. The molecule has 0 spiro atoms. The molecule has 0 aliphatic rings. The van der Waals surface area contributed by atoms with E-state index in [-0.39, 0.29) is 0 Å². The van der Waals surface area contributed by atoms with E-state index in [0.29, 0.717) is 0 Å². The molecule has 1 N–H and O–H groups in total. The molecule has 1 heterocycles. The number of rotatable bonds is 6. The number of benzene rings is 1. The predicted molar refractivity (Wildman–Crippen MR) is 89.4 cm³/mol. The van der Waals surface area contributed by atoms with Gasteiger partial charge in [-0.25, -0.2) is 9.97 Å². The van der Waals surface area contributed by atoms with E-state index in [1.807, 2.05) is 6.07 Å². The van der Waals surface area contributed by atoms with Gasteiger partial charge in [0.25, 0.3) is 0 Å². The molecular weight excluding hydrogens is 260 g/mol. The third kappa shape index (κ3) is 4.18. The van der Waals surface area contributed by atoms with Crippen LogP contribution in [0.5, 0.6) is 0 Å². The zero-order chi connectivity index (χ0) is 15.2. The maximum Gasteiger partial charge on any atom is 0.135 e. The molecule has 2 rings (SSSR count). The molecule has 0 bridgehead atoms. The minimum Gasteiger partial charge on any atom is -0.360 e. The van der Waals surface area contributed by atoms with Crippen LogP contribution in [0.3, 0.4) is 0 Å². The lowest BCUT2D eigenvalue weighted by molar-refractivity contribution is 0.758. The molecule has 1 aromatic heterocycles. The van der Waals surface area contributed by atoms with E-state index in [9.17, 15) is 0 Å². The van der Waals surface area contributed by atoms with Crippen LogP contribution in [-0.4, -0.2) is 23.6 Å². The van der Waals surface area contributed by atoms with Crippen molar-refractivity contribution in [1.82, 2.24) is 9.97 Å². The Morgan fingerprint density at radius 2 is 1.95 bits per heavy atom. The summed E-state index contributed by atoms with van der Waals surface area (Å²) < 4.78 is 0. The highest BCUT2D eigenvalue weighted by molar-refractivity contribution is 5.63.